The van der Waals surface area contributed by atoms with Crippen molar-refractivity contribution < 1.29 is 14.7 Å². The quantitative estimate of drug-likeness (QED) is 0.682. The van der Waals surface area contributed by atoms with Gasteiger partial charge in [0.05, 0.1) is 12.3 Å². The Morgan fingerprint density at radius 1 is 1.42 bits per heavy atom. The maximum Gasteiger partial charge on any atom is 0.345 e. The third kappa shape index (κ3) is 4.20. The van der Waals surface area contributed by atoms with Crippen molar-refractivity contribution in [1.82, 2.24) is 15.3 Å². The van der Waals surface area contributed by atoms with E-state index in [1.54, 1.807) is 13.8 Å². The van der Waals surface area contributed by atoms with Gasteiger partial charge in [0.2, 0.25) is 5.91 Å². The van der Waals surface area contributed by atoms with E-state index in [-0.39, 0.29) is 18.9 Å². The third-order valence-corrected chi connectivity index (χ3v) is 2.82. The SMILES string of the molecule is Cc1nc(=O)[nH]c(C)c1CC(=O)NCC(C)C(=O)O. The van der Waals surface area contributed by atoms with E-state index in [4.69, 9.17) is 5.11 Å². The van der Waals surface area contributed by atoms with Gasteiger partial charge in [-0.15, -0.1) is 0 Å². The fraction of sp³-hybridized carbons (Fsp3) is 0.500. The lowest BCUT2D eigenvalue weighted by Gasteiger charge is -2.10. The molecule has 1 atom stereocenters. The monoisotopic (exact) mass is 267 g/mol. The van der Waals surface area contributed by atoms with Crippen LogP contribution in [0.15, 0.2) is 4.79 Å². The molecule has 0 saturated heterocycles. The number of aromatic nitrogens is 2. The van der Waals surface area contributed by atoms with E-state index in [1.807, 2.05) is 0 Å². The van der Waals surface area contributed by atoms with Crippen LogP contribution < -0.4 is 11.0 Å². The molecule has 1 aromatic rings. The van der Waals surface area contributed by atoms with Crippen LogP contribution in [0.4, 0.5) is 0 Å². The number of carbonyl (C=O) groups excluding carboxylic acids is 1. The van der Waals surface area contributed by atoms with Gasteiger partial charge in [0, 0.05) is 23.5 Å². The minimum Gasteiger partial charge on any atom is -0.481 e. The standard InChI is InChI=1S/C12H17N3O4/c1-6(11(17)18)5-13-10(16)4-9-7(2)14-12(19)15-8(9)3/h6H,4-5H2,1-3H3,(H,13,16)(H,17,18)(H,14,15,19). The van der Waals surface area contributed by atoms with E-state index in [1.165, 1.54) is 6.92 Å². The molecule has 1 unspecified atom stereocenters. The Morgan fingerprint density at radius 3 is 2.58 bits per heavy atom. The van der Waals surface area contributed by atoms with E-state index in [2.05, 4.69) is 15.3 Å². The molecule has 0 aliphatic heterocycles. The molecule has 0 bridgehead atoms. The number of aryl methyl sites for hydroxylation is 2. The first kappa shape index (κ1) is 14.9. The molecule has 7 heteroatoms. The Morgan fingerprint density at radius 2 is 2.05 bits per heavy atom. The molecule has 0 fully saturated rings. The lowest BCUT2D eigenvalue weighted by Crippen LogP contribution is -2.33. The first-order valence-electron chi connectivity index (χ1n) is 5.87. The van der Waals surface area contributed by atoms with Crippen molar-refractivity contribution in [3.05, 3.63) is 27.4 Å². The number of hydrogen-bond acceptors (Lipinski definition) is 4. The average Bonchev–Trinajstić information content (AvgIpc) is 2.30. The van der Waals surface area contributed by atoms with Crippen LogP contribution in [0.2, 0.25) is 0 Å². The van der Waals surface area contributed by atoms with Gasteiger partial charge in [-0.3, -0.25) is 9.59 Å². The molecule has 1 heterocycles. The fourth-order valence-corrected chi connectivity index (χ4v) is 1.59. The Kier molecular flexibility index (Phi) is 4.80. The molecular formula is C12H17N3O4. The second-order valence-electron chi connectivity index (χ2n) is 4.45. The highest BCUT2D eigenvalue weighted by atomic mass is 16.4. The van der Waals surface area contributed by atoms with Gasteiger partial charge in [0.15, 0.2) is 0 Å². The molecular weight excluding hydrogens is 250 g/mol. The summed E-state index contributed by atoms with van der Waals surface area (Å²) in [5, 5.41) is 11.2. The van der Waals surface area contributed by atoms with Crippen LogP contribution >= 0.6 is 0 Å². The summed E-state index contributed by atoms with van der Waals surface area (Å²) in [6.45, 7) is 4.94. The molecule has 19 heavy (non-hydrogen) atoms. The third-order valence-electron chi connectivity index (χ3n) is 2.82. The number of H-pyrrole nitrogens is 1. The molecule has 7 nitrogen and oxygen atoms in total. The number of carboxylic acid groups (broad SMARTS) is 1. The van der Waals surface area contributed by atoms with Gasteiger partial charge in [-0.2, -0.15) is 4.98 Å². The molecule has 0 saturated carbocycles. The Bertz CT molecular complexity index is 524. The van der Waals surface area contributed by atoms with Crippen LogP contribution in [0.5, 0.6) is 0 Å². The van der Waals surface area contributed by atoms with Gasteiger partial charge in [-0.05, 0) is 13.8 Å². The lowest BCUT2D eigenvalue weighted by molar-refractivity contribution is -0.141. The second-order valence-corrected chi connectivity index (χ2v) is 4.45. The van der Waals surface area contributed by atoms with Crippen LogP contribution in [0.1, 0.15) is 23.9 Å². The zero-order valence-electron chi connectivity index (χ0n) is 11.1. The summed E-state index contributed by atoms with van der Waals surface area (Å²) in [7, 11) is 0. The van der Waals surface area contributed by atoms with E-state index in [9.17, 15) is 14.4 Å². The normalized spacial score (nSPS) is 11.9. The summed E-state index contributed by atoms with van der Waals surface area (Å²) < 4.78 is 0. The minimum absolute atomic E-state index is 0.0633. The molecule has 3 N–H and O–H groups in total. The fourth-order valence-electron chi connectivity index (χ4n) is 1.59. The number of amides is 1. The van der Waals surface area contributed by atoms with E-state index < -0.39 is 17.6 Å². The number of aromatic amines is 1. The minimum atomic E-state index is -0.960. The van der Waals surface area contributed by atoms with Crippen LogP contribution in [0, 0.1) is 19.8 Å². The molecule has 0 radical (unpaired) electrons. The second kappa shape index (κ2) is 6.12. The van der Waals surface area contributed by atoms with Crippen molar-refractivity contribution in [2.24, 2.45) is 5.92 Å². The van der Waals surface area contributed by atoms with Gasteiger partial charge >= 0.3 is 11.7 Å². The smallest absolute Gasteiger partial charge is 0.345 e. The Balaban J connectivity index is 2.68. The van der Waals surface area contributed by atoms with Crippen molar-refractivity contribution in [2.75, 3.05) is 6.54 Å². The van der Waals surface area contributed by atoms with Crippen LogP contribution in [-0.4, -0.2) is 33.5 Å². The summed E-state index contributed by atoms with van der Waals surface area (Å²) in [6.07, 6.45) is 0.0633. The van der Waals surface area contributed by atoms with Crippen molar-refractivity contribution in [3.63, 3.8) is 0 Å². The number of aliphatic carboxylic acids is 1. The molecule has 0 aliphatic carbocycles. The summed E-state index contributed by atoms with van der Waals surface area (Å²) in [4.78, 5) is 39.7. The molecule has 1 aromatic heterocycles. The number of carbonyl (C=O) groups is 2. The summed E-state index contributed by atoms with van der Waals surface area (Å²) in [6, 6.07) is 0. The summed E-state index contributed by atoms with van der Waals surface area (Å²) in [5.41, 5.74) is 1.31. The molecule has 0 spiro atoms. The van der Waals surface area contributed by atoms with Gasteiger partial charge in [0.1, 0.15) is 0 Å². The van der Waals surface area contributed by atoms with Crippen molar-refractivity contribution in [2.45, 2.75) is 27.2 Å². The van der Waals surface area contributed by atoms with E-state index in [0.29, 0.717) is 17.0 Å². The maximum atomic E-state index is 11.7. The van der Waals surface area contributed by atoms with Crippen molar-refractivity contribution in [3.8, 4) is 0 Å². The highest BCUT2D eigenvalue weighted by molar-refractivity contribution is 5.79. The van der Waals surface area contributed by atoms with Crippen molar-refractivity contribution >= 4 is 11.9 Å². The van der Waals surface area contributed by atoms with Crippen molar-refractivity contribution in [1.29, 1.82) is 0 Å². The van der Waals surface area contributed by atoms with Gasteiger partial charge < -0.3 is 15.4 Å². The first-order chi connectivity index (χ1) is 8.81. The lowest BCUT2D eigenvalue weighted by atomic mass is 10.1. The van der Waals surface area contributed by atoms with E-state index in [0.717, 1.165) is 0 Å². The number of carboxylic acids is 1. The average molecular weight is 267 g/mol. The van der Waals surface area contributed by atoms with Crippen LogP contribution in [0.3, 0.4) is 0 Å². The highest BCUT2D eigenvalue weighted by Gasteiger charge is 2.14. The topological polar surface area (TPSA) is 112 Å². The predicted molar refractivity (Wildman–Crippen MR) is 67.8 cm³/mol. The number of hydrogen-bond donors (Lipinski definition) is 3. The van der Waals surface area contributed by atoms with Gasteiger partial charge in [-0.25, -0.2) is 4.79 Å². The highest BCUT2D eigenvalue weighted by Crippen LogP contribution is 2.07. The summed E-state index contributed by atoms with van der Waals surface area (Å²) >= 11 is 0. The molecule has 1 amide bonds. The number of nitrogens with zero attached hydrogens (tertiary/aromatic N) is 1. The van der Waals surface area contributed by atoms with Crippen LogP contribution in [-0.2, 0) is 16.0 Å². The largest absolute Gasteiger partial charge is 0.481 e. The Labute approximate surface area is 110 Å². The van der Waals surface area contributed by atoms with E-state index >= 15 is 0 Å². The van der Waals surface area contributed by atoms with Gasteiger partial charge in [0.25, 0.3) is 0 Å². The zero-order valence-corrected chi connectivity index (χ0v) is 11.1. The maximum absolute atomic E-state index is 11.7. The molecule has 0 aliphatic rings. The summed E-state index contributed by atoms with van der Waals surface area (Å²) in [5.74, 6) is -1.90. The Hall–Kier alpha value is -2.18. The number of rotatable bonds is 5. The number of nitrogens with one attached hydrogen (secondary N) is 2. The molecule has 0 aromatic carbocycles. The predicted octanol–water partition coefficient (Wildman–Crippen LogP) is -0.234. The molecule has 1 rings (SSSR count). The first-order valence-corrected chi connectivity index (χ1v) is 5.87. The molecule has 104 valence electrons. The van der Waals surface area contributed by atoms with Gasteiger partial charge in [-0.1, -0.05) is 6.92 Å². The van der Waals surface area contributed by atoms with Crippen LogP contribution in [0.25, 0.3) is 0 Å². The zero-order chi connectivity index (χ0) is 14.6.